The maximum atomic E-state index is 10.7. The van der Waals surface area contributed by atoms with Crippen molar-refractivity contribution in [1.82, 2.24) is 0 Å². The van der Waals surface area contributed by atoms with Crippen molar-refractivity contribution < 1.29 is 14.3 Å². The highest BCUT2D eigenvalue weighted by molar-refractivity contribution is 5.40. The molecule has 1 saturated heterocycles. The Balaban J connectivity index is 1.69. The minimum absolute atomic E-state index is 0.146. The Labute approximate surface area is 125 Å². The normalized spacial score (nSPS) is 22.1. The summed E-state index contributed by atoms with van der Waals surface area (Å²) < 4.78 is 11.1. The molecule has 2 aliphatic rings. The highest BCUT2D eigenvalue weighted by Gasteiger charge is 2.36. The topological polar surface area (TPSA) is 47.9 Å². The highest BCUT2D eigenvalue weighted by atomic mass is 16.5. The third kappa shape index (κ3) is 2.87. The van der Waals surface area contributed by atoms with Crippen molar-refractivity contribution in [2.24, 2.45) is 10.4 Å². The predicted molar refractivity (Wildman–Crippen MR) is 79.1 cm³/mol. The molecule has 0 radical (unpaired) electrons. The van der Waals surface area contributed by atoms with Crippen LogP contribution in [0.2, 0.25) is 0 Å². The first-order valence-corrected chi connectivity index (χ1v) is 7.56. The molecule has 112 valence electrons. The van der Waals surface area contributed by atoms with Crippen LogP contribution in [-0.2, 0) is 15.1 Å². The number of isocyanates is 1. The summed E-state index contributed by atoms with van der Waals surface area (Å²) in [6.45, 7) is 4.37. The van der Waals surface area contributed by atoms with Crippen LogP contribution in [0.5, 0.6) is 5.75 Å². The summed E-state index contributed by atoms with van der Waals surface area (Å²) in [7, 11) is 0. The Bertz CT molecular complexity index is 536. The molecule has 0 aromatic heterocycles. The lowest BCUT2D eigenvalue weighted by Crippen LogP contribution is -2.44. The molecule has 0 amide bonds. The summed E-state index contributed by atoms with van der Waals surface area (Å²) in [4.78, 5) is 14.8. The minimum atomic E-state index is -0.353. The Morgan fingerprint density at radius 3 is 2.43 bits per heavy atom. The SMILES string of the molecule is CC1(COc2ccc(C3(N=C=O)CCCC3)cc2)COC1. The highest BCUT2D eigenvalue weighted by Crippen LogP contribution is 2.42. The fraction of sp³-hybridized carbons (Fsp3) is 0.588. The number of nitrogens with zero attached hydrogens (tertiary/aromatic N) is 1. The van der Waals surface area contributed by atoms with Crippen molar-refractivity contribution in [2.45, 2.75) is 38.1 Å². The fourth-order valence-electron chi connectivity index (χ4n) is 3.17. The van der Waals surface area contributed by atoms with E-state index < -0.39 is 0 Å². The number of hydrogen-bond acceptors (Lipinski definition) is 4. The van der Waals surface area contributed by atoms with Crippen LogP contribution >= 0.6 is 0 Å². The molecule has 1 aliphatic carbocycles. The van der Waals surface area contributed by atoms with Crippen molar-refractivity contribution >= 4 is 6.08 Å². The van der Waals surface area contributed by atoms with Gasteiger partial charge in [-0.25, -0.2) is 4.79 Å². The van der Waals surface area contributed by atoms with Crippen LogP contribution in [-0.4, -0.2) is 25.9 Å². The third-order valence-corrected chi connectivity index (χ3v) is 4.57. The van der Waals surface area contributed by atoms with Gasteiger partial charge in [-0.3, -0.25) is 0 Å². The molecule has 0 atom stereocenters. The first-order chi connectivity index (χ1) is 10.2. The third-order valence-electron chi connectivity index (χ3n) is 4.57. The molecule has 21 heavy (non-hydrogen) atoms. The Morgan fingerprint density at radius 2 is 1.90 bits per heavy atom. The predicted octanol–water partition coefficient (Wildman–Crippen LogP) is 3.21. The molecule has 4 heteroatoms. The number of ether oxygens (including phenoxy) is 2. The van der Waals surface area contributed by atoms with Gasteiger partial charge in [0.1, 0.15) is 5.75 Å². The zero-order valence-corrected chi connectivity index (χ0v) is 12.4. The maximum Gasteiger partial charge on any atom is 0.235 e. The largest absolute Gasteiger partial charge is 0.493 e. The van der Waals surface area contributed by atoms with Gasteiger partial charge < -0.3 is 9.47 Å². The lowest BCUT2D eigenvalue weighted by Gasteiger charge is -2.37. The molecule has 1 saturated carbocycles. The van der Waals surface area contributed by atoms with Crippen LogP contribution in [0.3, 0.4) is 0 Å². The molecule has 0 bridgehead atoms. The number of benzene rings is 1. The van der Waals surface area contributed by atoms with Crippen molar-refractivity contribution in [3.8, 4) is 5.75 Å². The van der Waals surface area contributed by atoms with Gasteiger partial charge in [0.25, 0.3) is 0 Å². The molecule has 0 unspecified atom stereocenters. The fourth-order valence-corrected chi connectivity index (χ4v) is 3.17. The Kier molecular flexibility index (Phi) is 3.83. The molecular formula is C17H21NO3. The Hall–Kier alpha value is -1.64. The van der Waals surface area contributed by atoms with Gasteiger partial charge in [-0.15, -0.1) is 0 Å². The molecule has 1 aromatic carbocycles. The van der Waals surface area contributed by atoms with E-state index >= 15 is 0 Å². The molecule has 0 N–H and O–H groups in total. The van der Waals surface area contributed by atoms with E-state index in [9.17, 15) is 4.79 Å². The van der Waals surface area contributed by atoms with Crippen molar-refractivity contribution in [3.05, 3.63) is 29.8 Å². The minimum Gasteiger partial charge on any atom is -0.493 e. The van der Waals surface area contributed by atoms with Crippen LogP contribution in [0, 0.1) is 5.41 Å². The average molecular weight is 287 g/mol. The second-order valence-corrected chi connectivity index (χ2v) is 6.56. The summed E-state index contributed by atoms with van der Waals surface area (Å²) >= 11 is 0. The number of rotatable bonds is 5. The van der Waals surface area contributed by atoms with Crippen LogP contribution in [0.25, 0.3) is 0 Å². The number of carbonyl (C=O) groups excluding carboxylic acids is 1. The molecule has 1 aliphatic heterocycles. The monoisotopic (exact) mass is 287 g/mol. The first kappa shape index (κ1) is 14.3. The second-order valence-electron chi connectivity index (χ2n) is 6.56. The first-order valence-electron chi connectivity index (χ1n) is 7.56. The molecule has 1 heterocycles. The van der Waals surface area contributed by atoms with Crippen molar-refractivity contribution in [1.29, 1.82) is 0 Å². The van der Waals surface area contributed by atoms with Crippen molar-refractivity contribution in [2.75, 3.05) is 19.8 Å². The van der Waals surface area contributed by atoms with E-state index in [0.717, 1.165) is 50.2 Å². The lowest BCUT2D eigenvalue weighted by atomic mass is 9.89. The molecular weight excluding hydrogens is 266 g/mol. The zero-order valence-electron chi connectivity index (χ0n) is 12.4. The summed E-state index contributed by atoms with van der Waals surface area (Å²) in [6, 6.07) is 8.00. The van der Waals surface area contributed by atoms with Gasteiger partial charge in [0.05, 0.1) is 25.4 Å². The van der Waals surface area contributed by atoms with E-state index in [1.54, 1.807) is 6.08 Å². The van der Waals surface area contributed by atoms with E-state index in [1.165, 1.54) is 0 Å². The van der Waals surface area contributed by atoms with E-state index in [1.807, 2.05) is 24.3 Å². The summed E-state index contributed by atoms with van der Waals surface area (Å²) in [5, 5.41) is 0. The molecule has 0 spiro atoms. The van der Waals surface area contributed by atoms with E-state index in [-0.39, 0.29) is 11.0 Å². The molecule has 2 fully saturated rings. The van der Waals surface area contributed by atoms with Gasteiger partial charge >= 0.3 is 0 Å². The summed E-state index contributed by atoms with van der Waals surface area (Å²) in [6.07, 6.45) is 5.84. The standard InChI is InChI=1S/C17H21NO3/c1-16(10-20-11-16)12-21-15-6-4-14(5-7-15)17(18-13-19)8-2-3-9-17/h4-7H,2-3,8-12H2,1H3. The Morgan fingerprint density at radius 1 is 1.24 bits per heavy atom. The van der Waals surface area contributed by atoms with Gasteiger partial charge in [0.2, 0.25) is 6.08 Å². The smallest absolute Gasteiger partial charge is 0.235 e. The summed E-state index contributed by atoms with van der Waals surface area (Å²) in [5.41, 5.74) is 0.884. The quantitative estimate of drug-likeness (QED) is 0.617. The van der Waals surface area contributed by atoms with Crippen LogP contribution in [0.15, 0.2) is 29.3 Å². The molecule has 3 rings (SSSR count). The molecule has 4 nitrogen and oxygen atoms in total. The maximum absolute atomic E-state index is 10.7. The van der Waals surface area contributed by atoms with Crippen LogP contribution in [0.1, 0.15) is 38.2 Å². The van der Waals surface area contributed by atoms with Crippen LogP contribution in [0.4, 0.5) is 0 Å². The van der Waals surface area contributed by atoms with Gasteiger partial charge in [-0.05, 0) is 30.5 Å². The zero-order chi connectivity index (χ0) is 14.8. The van der Waals surface area contributed by atoms with Gasteiger partial charge in [0, 0.05) is 5.41 Å². The summed E-state index contributed by atoms with van der Waals surface area (Å²) in [5.74, 6) is 0.857. The molecule has 1 aromatic rings. The van der Waals surface area contributed by atoms with E-state index in [4.69, 9.17) is 9.47 Å². The second kappa shape index (κ2) is 5.63. The lowest BCUT2D eigenvalue weighted by molar-refractivity contribution is -0.120. The average Bonchev–Trinajstić information content (AvgIpc) is 2.94. The van der Waals surface area contributed by atoms with Gasteiger partial charge in [-0.2, -0.15) is 4.99 Å². The number of aliphatic imine (C=N–C) groups is 1. The van der Waals surface area contributed by atoms with Gasteiger partial charge in [0.15, 0.2) is 0 Å². The van der Waals surface area contributed by atoms with Crippen LogP contribution < -0.4 is 4.74 Å². The van der Waals surface area contributed by atoms with E-state index in [2.05, 4.69) is 11.9 Å². The number of hydrogen-bond donors (Lipinski definition) is 0. The van der Waals surface area contributed by atoms with E-state index in [0.29, 0.717) is 6.61 Å². The van der Waals surface area contributed by atoms with Gasteiger partial charge in [-0.1, -0.05) is 31.9 Å². The van der Waals surface area contributed by atoms with Crippen molar-refractivity contribution in [3.63, 3.8) is 0 Å².